The second-order valence-corrected chi connectivity index (χ2v) is 6.33. The van der Waals surface area contributed by atoms with E-state index in [9.17, 15) is 0 Å². The Kier molecular flexibility index (Phi) is 5.76. The quantitative estimate of drug-likeness (QED) is 0.645. The van der Waals surface area contributed by atoms with Crippen LogP contribution in [0.1, 0.15) is 12.8 Å². The molecule has 21 heavy (non-hydrogen) atoms. The number of rotatable bonds is 5. The summed E-state index contributed by atoms with van der Waals surface area (Å²) in [4.78, 5) is 4.50. The molecule has 1 saturated heterocycles. The van der Waals surface area contributed by atoms with Gasteiger partial charge in [0.15, 0.2) is 5.96 Å². The lowest BCUT2D eigenvalue weighted by Gasteiger charge is -2.34. The van der Waals surface area contributed by atoms with E-state index in [4.69, 9.17) is 15.2 Å². The van der Waals surface area contributed by atoms with Crippen molar-refractivity contribution in [1.82, 2.24) is 0 Å². The van der Waals surface area contributed by atoms with Crippen LogP contribution in [0.15, 0.2) is 29.3 Å². The third-order valence-electron chi connectivity index (χ3n) is 3.74. The van der Waals surface area contributed by atoms with Gasteiger partial charge in [-0.05, 0) is 43.4 Å². The van der Waals surface area contributed by atoms with Crippen molar-refractivity contribution < 1.29 is 9.47 Å². The molecule has 2 rings (SSSR count). The van der Waals surface area contributed by atoms with Gasteiger partial charge >= 0.3 is 0 Å². The minimum atomic E-state index is 0.157. The molecule has 1 fully saturated rings. The van der Waals surface area contributed by atoms with E-state index in [1.807, 2.05) is 36.0 Å². The van der Waals surface area contributed by atoms with Gasteiger partial charge in [0, 0.05) is 23.6 Å². The molecule has 1 aliphatic rings. The van der Waals surface area contributed by atoms with E-state index in [0.717, 1.165) is 37.5 Å². The Morgan fingerprint density at radius 1 is 1.38 bits per heavy atom. The molecular weight excluding hydrogens is 286 g/mol. The summed E-state index contributed by atoms with van der Waals surface area (Å²) in [6, 6.07) is 7.61. The number of nitrogens with one attached hydrogen (secondary N) is 1. The number of benzene rings is 1. The molecule has 0 spiro atoms. The average molecular weight is 309 g/mol. The lowest BCUT2D eigenvalue weighted by molar-refractivity contribution is 0.0794. The van der Waals surface area contributed by atoms with E-state index < -0.39 is 0 Å². The fraction of sp³-hybridized carbons (Fsp3) is 0.533. The number of methoxy groups -OCH3 is 1. The first-order valence-corrected chi connectivity index (χ1v) is 8.24. The Hall–Kier alpha value is -1.40. The molecule has 116 valence electrons. The number of nitrogens with two attached hydrogens (primary N) is 1. The van der Waals surface area contributed by atoms with Crippen molar-refractivity contribution in [3.8, 4) is 5.75 Å². The lowest BCUT2D eigenvalue weighted by atomic mass is 9.99. The zero-order chi connectivity index (χ0) is 15.1. The maximum atomic E-state index is 5.97. The molecule has 1 heterocycles. The topological polar surface area (TPSA) is 68.9 Å². The van der Waals surface area contributed by atoms with E-state index in [0.29, 0.717) is 12.5 Å². The monoisotopic (exact) mass is 309 g/mol. The van der Waals surface area contributed by atoms with Gasteiger partial charge < -0.3 is 20.5 Å². The van der Waals surface area contributed by atoms with Gasteiger partial charge in [-0.25, -0.2) is 0 Å². The predicted octanol–water partition coefficient (Wildman–Crippen LogP) is 2.33. The van der Waals surface area contributed by atoms with Crippen LogP contribution in [0.5, 0.6) is 5.75 Å². The van der Waals surface area contributed by atoms with E-state index in [-0.39, 0.29) is 4.75 Å². The summed E-state index contributed by atoms with van der Waals surface area (Å²) >= 11 is 1.86. The Bertz CT molecular complexity index is 470. The minimum absolute atomic E-state index is 0.157. The first kappa shape index (κ1) is 16.0. The third-order valence-corrected chi connectivity index (χ3v) is 5.14. The van der Waals surface area contributed by atoms with Crippen LogP contribution in [0, 0.1) is 0 Å². The maximum absolute atomic E-state index is 5.97. The van der Waals surface area contributed by atoms with Crippen molar-refractivity contribution in [3.63, 3.8) is 0 Å². The highest BCUT2D eigenvalue weighted by atomic mass is 32.2. The van der Waals surface area contributed by atoms with Gasteiger partial charge in [0.1, 0.15) is 5.75 Å². The summed E-state index contributed by atoms with van der Waals surface area (Å²) in [5.41, 5.74) is 6.88. The fourth-order valence-corrected chi connectivity index (χ4v) is 3.03. The fourth-order valence-electron chi connectivity index (χ4n) is 2.26. The molecule has 6 heteroatoms. The summed E-state index contributed by atoms with van der Waals surface area (Å²) in [6.45, 7) is 2.33. The Balaban J connectivity index is 1.93. The highest BCUT2D eigenvalue weighted by Gasteiger charge is 2.31. The molecular formula is C15H23N3O2S. The number of ether oxygens (including phenoxy) is 2. The van der Waals surface area contributed by atoms with Crippen molar-refractivity contribution in [2.24, 2.45) is 10.7 Å². The second kappa shape index (κ2) is 7.56. The van der Waals surface area contributed by atoms with E-state index in [1.165, 1.54) is 0 Å². The number of guanidine groups is 1. The molecule has 3 N–H and O–H groups in total. The first-order chi connectivity index (χ1) is 10.2. The normalized spacial score (nSPS) is 18.3. The van der Waals surface area contributed by atoms with Crippen molar-refractivity contribution >= 4 is 23.4 Å². The molecule has 0 aliphatic carbocycles. The van der Waals surface area contributed by atoms with E-state index >= 15 is 0 Å². The molecule has 0 saturated carbocycles. The predicted molar refractivity (Wildman–Crippen MR) is 89.4 cm³/mol. The highest BCUT2D eigenvalue weighted by Crippen LogP contribution is 2.33. The van der Waals surface area contributed by atoms with Crippen LogP contribution in [-0.2, 0) is 4.74 Å². The van der Waals surface area contributed by atoms with Gasteiger partial charge in [0.25, 0.3) is 0 Å². The Morgan fingerprint density at radius 3 is 2.62 bits per heavy atom. The molecule has 1 aromatic rings. The van der Waals surface area contributed by atoms with Crippen molar-refractivity contribution in [3.05, 3.63) is 24.3 Å². The van der Waals surface area contributed by atoms with Crippen LogP contribution in [0.2, 0.25) is 0 Å². The average Bonchev–Trinajstić information content (AvgIpc) is 2.54. The van der Waals surface area contributed by atoms with Gasteiger partial charge in [-0.15, -0.1) is 0 Å². The zero-order valence-corrected chi connectivity index (χ0v) is 13.4. The summed E-state index contributed by atoms with van der Waals surface area (Å²) in [7, 11) is 1.65. The van der Waals surface area contributed by atoms with Crippen LogP contribution in [0.4, 0.5) is 5.69 Å². The van der Waals surface area contributed by atoms with E-state index in [2.05, 4.69) is 16.6 Å². The van der Waals surface area contributed by atoms with Gasteiger partial charge in [-0.3, -0.25) is 4.99 Å². The van der Waals surface area contributed by atoms with Crippen molar-refractivity contribution in [2.45, 2.75) is 17.6 Å². The summed E-state index contributed by atoms with van der Waals surface area (Å²) in [5.74, 6) is 1.26. The number of anilines is 1. The first-order valence-electron chi connectivity index (χ1n) is 7.01. The molecule has 0 bridgehead atoms. The molecule has 0 amide bonds. The van der Waals surface area contributed by atoms with Crippen LogP contribution in [-0.4, -0.2) is 43.8 Å². The second-order valence-electron chi connectivity index (χ2n) is 5.05. The summed E-state index contributed by atoms with van der Waals surface area (Å²) < 4.78 is 10.7. The Morgan fingerprint density at radius 2 is 2.05 bits per heavy atom. The smallest absolute Gasteiger partial charge is 0.193 e. The van der Waals surface area contributed by atoms with E-state index in [1.54, 1.807) is 7.11 Å². The largest absolute Gasteiger partial charge is 0.497 e. The SMILES string of the molecule is COc1ccc(NC(N)=NCC2(SC)CCOCC2)cc1. The molecule has 0 aromatic heterocycles. The third kappa shape index (κ3) is 4.54. The summed E-state index contributed by atoms with van der Waals surface area (Å²) in [5, 5.41) is 3.11. The number of nitrogens with zero attached hydrogens (tertiary/aromatic N) is 1. The summed E-state index contributed by atoms with van der Waals surface area (Å²) in [6.07, 6.45) is 4.18. The Labute approximate surface area is 130 Å². The van der Waals surface area contributed by atoms with Gasteiger partial charge in [0.2, 0.25) is 0 Å². The number of thioether (sulfide) groups is 1. The van der Waals surface area contributed by atoms with Crippen LogP contribution in [0.25, 0.3) is 0 Å². The molecule has 5 nitrogen and oxygen atoms in total. The maximum Gasteiger partial charge on any atom is 0.193 e. The van der Waals surface area contributed by atoms with Crippen LogP contribution >= 0.6 is 11.8 Å². The standard InChI is InChI=1S/C15H23N3O2S/c1-19-13-5-3-12(4-6-13)18-14(16)17-11-15(21-2)7-9-20-10-8-15/h3-6H,7-11H2,1-2H3,(H3,16,17,18). The van der Waals surface area contributed by atoms with Crippen LogP contribution < -0.4 is 15.8 Å². The van der Waals surface area contributed by atoms with Crippen molar-refractivity contribution in [2.75, 3.05) is 38.4 Å². The molecule has 1 aliphatic heterocycles. The van der Waals surface area contributed by atoms with Gasteiger partial charge in [-0.1, -0.05) is 0 Å². The van der Waals surface area contributed by atoms with Gasteiger partial charge in [-0.2, -0.15) is 11.8 Å². The number of hydrogen-bond donors (Lipinski definition) is 2. The lowest BCUT2D eigenvalue weighted by Crippen LogP contribution is -2.37. The highest BCUT2D eigenvalue weighted by molar-refractivity contribution is 8.00. The minimum Gasteiger partial charge on any atom is -0.497 e. The molecule has 1 aromatic carbocycles. The van der Waals surface area contributed by atoms with Crippen molar-refractivity contribution in [1.29, 1.82) is 0 Å². The zero-order valence-electron chi connectivity index (χ0n) is 12.6. The van der Waals surface area contributed by atoms with Crippen LogP contribution in [0.3, 0.4) is 0 Å². The molecule has 0 unspecified atom stereocenters. The molecule has 0 atom stereocenters. The van der Waals surface area contributed by atoms with Gasteiger partial charge in [0.05, 0.1) is 13.7 Å². The number of aliphatic imine (C=N–C) groups is 1. The molecule has 0 radical (unpaired) electrons. The number of hydrogen-bond acceptors (Lipinski definition) is 4.